The van der Waals surface area contributed by atoms with E-state index in [1.165, 1.54) is 25.0 Å². The van der Waals surface area contributed by atoms with Crippen LogP contribution in [0.4, 0.5) is 0 Å². The van der Waals surface area contributed by atoms with E-state index in [0.717, 1.165) is 12.8 Å². The molecule has 7 nitrogen and oxygen atoms in total. The van der Waals surface area contributed by atoms with Crippen molar-refractivity contribution in [2.75, 3.05) is 0 Å². The maximum absolute atomic E-state index is 11.3. The van der Waals surface area contributed by atoms with Crippen molar-refractivity contribution in [3.8, 4) is 11.7 Å². The number of ether oxygens (including phenoxy) is 1. The summed E-state index contributed by atoms with van der Waals surface area (Å²) >= 11 is 0. The number of aryl methyl sites for hydroxylation is 1. The van der Waals surface area contributed by atoms with Gasteiger partial charge in [0.05, 0.1) is 10.6 Å². The zero-order valence-corrected chi connectivity index (χ0v) is 13.1. The number of hydrogen-bond donors (Lipinski definition) is 1. The van der Waals surface area contributed by atoms with Crippen molar-refractivity contribution < 1.29 is 13.2 Å². The SMILES string of the molecule is Cc1nc(OC2CCCC2)nn1-c1ccc(S(N)(=O)=O)cc1. The number of aromatic nitrogens is 3. The standard InChI is InChI=1S/C14H18N4O3S/c1-10-16-14(21-12-4-2-3-5-12)17-18(10)11-6-8-13(9-7-11)22(15,19)20/h6-9,12H,2-5H2,1H3,(H2,15,19,20). The number of benzene rings is 1. The molecule has 1 aromatic carbocycles. The molecular weight excluding hydrogens is 304 g/mol. The van der Waals surface area contributed by atoms with Gasteiger partial charge in [0.1, 0.15) is 11.9 Å². The van der Waals surface area contributed by atoms with Gasteiger partial charge in [0.2, 0.25) is 10.0 Å². The predicted molar refractivity (Wildman–Crippen MR) is 80.4 cm³/mol. The minimum Gasteiger partial charge on any atom is -0.459 e. The van der Waals surface area contributed by atoms with Gasteiger partial charge in [-0.3, -0.25) is 0 Å². The van der Waals surface area contributed by atoms with Gasteiger partial charge in [-0.1, -0.05) is 0 Å². The van der Waals surface area contributed by atoms with Gasteiger partial charge >= 0.3 is 6.01 Å². The molecule has 2 aromatic rings. The summed E-state index contributed by atoms with van der Waals surface area (Å²) in [6.45, 7) is 1.82. The van der Waals surface area contributed by atoms with E-state index in [2.05, 4.69) is 10.1 Å². The van der Waals surface area contributed by atoms with Crippen LogP contribution >= 0.6 is 0 Å². The Hall–Kier alpha value is -1.93. The van der Waals surface area contributed by atoms with Crippen molar-refractivity contribution in [3.63, 3.8) is 0 Å². The van der Waals surface area contributed by atoms with Crippen molar-refractivity contribution in [2.45, 2.75) is 43.6 Å². The molecule has 22 heavy (non-hydrogen) atoms. The molecule has 1 heterocycles. The fraction of sp³-hybridized carbons (Fsp3) is 0.429. The van der Waals surface area contributed by atoms with Gasteiger partial charge in [-0.05, 0) is 56.9 Å². The van der Waals surface area contributed by atoms with E-state index in [-0.39, 0.29) is 11.0 Å². The van der Waals surface area contributed by atoms with Gasteiger partial charge in [0.15, 0.2) is 0 Å². The minimum atomic E-state index is -3.69. The molecule has 1 saturated carbocycles. The molecular formula is C14H18N4O3S. The van der Waals surface area contributed by atoms with Crippen LogP contribution in [0.2, 0.25) is 0 Å². The second-order valence-electron chi connectivity index (χ2n) is 5.42. The predicted octanol–water partition coefficient (Wildman–Crippen LogP) is 1.54. The Bertz CT molecular complexity index is 762. The van der Waals surface area contributed by atoms with Crippen LogP contribution in [0.1, 0.15) is 31.5 Å². The fourth-order valence-electron chi connectivity index (χ4n) is 2.59. The number of nitrogens with zero attached hydrogens (tertiary/aromatic N) is 3. The molecule has 8 heteroatoms. The molecule has 1 aliphatic carbocycles. The third kappa shape index (κ3) is 3.12. The van der Waals surface area contributed by atoms with Crippen LogP contribution < -0.4 is 9.88 Å². The highest BCUT2D eigenvalue weighted by Crippen LogP contribution is 2.23. The summed E-state index contributed by atoms with van der Waals surface area (Å²) in [6.07, 6.45) is 4.63. The molecule has 0 amide bonds. The quantitative estimate of drug-likeness (QED) is 0.920. The molecule has 0 unspecified atom stereocenters. The molecule has 0 bridgehead atoms. The van der Waals surface area contributed by atoms with Gasteiger partial charge in [-0.15, -0.1) is 5.10 Å². The van der Waals surface area contributed by atoms with Crippen LogP contribution in [0.5, 0.6) is 6.01 Å². The highest BCUT2D eigenvalue weighted by molar-refractivity contribution is 7.89. The first-order valence-corrected chi connectivity index (χ1v) is 8.72. The summed E-state index contributed by atoms with van der Waals surface area (Å²) in [5.74, 6) is 0.677. The number of hydrogen-bond acceptors (Lipinski definition) is 5. The molecule has 0 spiro atoms. The number of sulfonamides is 1. The van der Waals surface area contributed by atoms with Gasteiger partial charge in [-0.2, -0.15) is 4.98 Å². The van der Waals surface area contributed by atoms with Gasteiger partial charge in [0, 0.05) is 0 Å². The first-order valence-electron chi connectivity index (χ1n) is 7.17. The highest BCUT2D eigenvalue weighted by Gasteiger charge is 2.19. The molecule has 1 aromatic heterocycles. The van der Waals surface area contributed by atoms with Crippen molar-refractivity contribution >= 4 is 10.0 Å². The highest BCUT2D eigenvalue weighted by atomic mass is 32.2. The maximum Gasteiger partial charge on any atom is 0.336 e. The monoisotopic (exact) mass is 322 g/mol. The van der Waals surface area contributed by atoms with Crippen LogP contribution in [0.25, 0.3) is 5.69 Å². The molecule has 3 rings (SSSR count). The first kappa shape index (κ1) is 15.0. The summed E-state index contributed by atoms with van der Waals surface area (Å²) in [5.41, 5.74) is 0.707. The minimum absolute atomic E-state index is 0.0662. The molecule has 0 radical (unpaired) electrons. The third-order valence-electron chi connectivity index (χ3n) is 3.73. The fourth-order valence-corrected chi connectivity index (χ4v) is 3.11. The second kappa shape index (κ2) is 5.69. The Labute approximate surface area is 129 Å². The smallest absolute Gasteiger partial charge is 0.336 e. The molecule has 1 fully saturated rings. The first-order chi connectivity index (χ1) is 10.4. The maximum atomic E-state index is 11.3. The number of rotatable bonds is 4. The number of primary sulfonamides is 1. The van der Waals surface area contributed by atoms with E-state index in [1.54, 1.807) is 16.8 Å². The Morgan fingerprint density at radius 3 is 2.45 bits per heavy atom. The van der Waals surface area contributed by atoms with E-state index in [1.807, 2.05) is 6.92 Å². The van der Waals surface area contributed by atoms with E-state index in [4.69, 9.17) is 9.88 Å². The summed E-state index contributed by atoms with van der Waals surface area (Å²) in [7, 11) is -3.69. The van der Waals surface area contributed by atoms with Gasteiger partial charge < -0.3 is 4.74 Å². The topological polar surface area (TPSA) is 100 Å². The van der Waals surface area contributed by atoms with Crippen LogP contribution in [0, 0.1) is 6.92 Å². The molecule has 118 valence electrons. The average Bonchev–Trinajstić information content (AvgIpc) is 3.08. The molecule has 2 N–H and O–H groups in total. The zero-order valence-electron chi connectivity index (χ0n) is 12.3. The number of nitrogens with two attached hydrogens (primary N) is 1. The molecule has 0 atom stereocenters. The van der Waals surface area contributed by atoms with E-state index in [0.29, 0.717) is 17.5 Å². The van der Waals surface area contributed by atoms with E-state index >= 15 is 0 Å². The lowest BCUT2D eigenvalue weighted by Gasteiger charge is -2.08. The molecule has 0 saturated heterocycles. The summed E-state index contributed by atoms with van der Waals surface area (Å²) in [4.78, 5) is 4.37. The second-order valence-corrected chi connectivity index (χ2v) is 6.98. The Morgan fingerprint density at radius 2 is 1.86 bits per heavy atom. The Morgan fingerprint density at radius 1 is 1.23 bits per heavy atom. The zero-order chi connectivity index (χ0) is 15.7. The largest absolute Gasteiger partial charge is 0.459 e. The van der Waals surface area contributed by atoms with E-state index < -0.39 is 10.0 Å². The van der Waals surface area contributed by atoms with Crippen molar-refractivity contribution in [1.82, 2.24) is 14.8 Å². The van der Waals surface area contributed by atoms with Crippen LogP contribution in [0.15, 0.2) is 29.2 Å². The lowest BCUT2D eigenvalue weighted by Crippen LogP contribution is -2.12. The molecule has 0 aliphatic heterocycles. The average molecular weight is 322 g/mol. The van der Waals surface area contributed by atoms with Gasteiger partial charge in [-0.25, -0.2) is 18.2 Å². The van der Waals surface area contributed by atoms with Crippen LogP contribution in [0.3, 0.4) is 0 Å². The van der Waals surface area contributed by atoms with E-state index in [9.17, 15) is 8.42 Å². The van der Waals surface area contributed by atoms with Crippen molar-refractivity contribution in [1.29, 1.82) is 0 Å². The Kier molecular flexibility index (Phi) is 3.88. The van der Waals surface area contributed by atoms with Crippen molar-refractivity contribution in [2.24, 2.45) is 5.14 Å². The normalized spacial score (nSPS) is 16.1. The third-order valence-corrected chi connectivity index (χ3v) is 4.66. The summed E-state index contributed by atoms with van der Waals surface area (Å²) in [5, 5.41) is 9.43. The van der Waals surface area contributed by atoms with Crippen molar-refractivity contribution in [3.05, 3.63) is 30.1 Å². The lowest BCUT2D eigenvalue weighted by atomic mass is 10.3. The lowest BCUT2D eigenvalue weighted by molar-refractivity contribution is 0.192. The van der Waals surface area contributed by atoms with Crippen LogP contribution in [-0.2, 0) is 10.0 Å². The van der Waals surface area contributed by atoms with Crippen LogP contribution in [-0.4, -0.2) is 29.3 Å². The summed E-state index contributed by atoms with van der Waals surface area (Å²) in [6, 6.07) is 6.54. The summed E-state index contributed by atoms with van der Waals surface area (Å²) < 4.78 is 29.9. The van der Waals surface area contributed by atoms with Gasteiger partial charge in [0.25, 0.3) is 0 Å². The Balaban J connectivity index is 1.83. The molecule has 1 aliphatic rings.